The first-order chi connectivity index (χ1) is 12.5. The summed E-state index contributed by atoms with van der Waals surface area (Å²) in [6.07, 6.45) is 2.54. The molecule has 7 heteroatoms. The van der Waals surface area contributed by atoms with Crippen LogP contribution in [-0.2, 0) is 0 Å². The minimum Gasteiger partial charge on any atom is -0.496 e. The zero-order chi connectivity index (χ0) is 19.3. The van der Waals surface area contributed by atoms with Crippen LogP contribution in [0.25, 0.3) is 0 Å². The van der Waals surface area contributed by atoms with Crippen molar-refractivity contribution in [2.45, 2.75) is 27.2 Å². The summed E-state index contributed by atoms with van der Waals surface area (Å²) in [5.74, 6) is 1.51. The average molecular weight is 359 g/mol. The number of methoxy groups -OCH3 is 3. The number of aromatic nitrogens is 2. The number of ketones is 1. The minimum atomic E-state index is -0.288. The molecule has 0 aliphatic carbocycles. The monoisotopic (exact) mass is 359 g/mol. The molecule has 2 rings (SSSR count). The number of benzene rings is 1. The zero-order valence-electron chi connectivity index (χ0n) is 16.1. The lowest BCUT2D eigenvalue weighted by Crippen LogP contribution is -2.14. The fourth-order valence-corrected chi connectivity index (χ4v) is 2.65. The van der Waals surface area contributed by atoms with E-state index in [-0.39, 0.29) is 5.78 Å². The number of hydrogen-bond acceptors (Lipinski definition) is 7. The van der Waals surface area contributed by atoms with Gasteiger partial charge in [0, 0.05) is 18.8 Å². The second-order valence-corrected chi connectivity index (χ2v) is 5.77. The molecule has 0 amide bonds. The quantitative estimate of drug-likeness (QED) is 0.725. The van der Waals surface area contributed by atoms with Crippen molar-refractivity contribution < 1.29 is 19.0 Å². The Bertz CT molecular complexity index is 806. The number of ether oxygens (including phenoxy) is 3. The topological polar surface area (TPSA) is 82.6 Å². The van der Waals surface area contributed by atoms with E-state index in [1.54, 1.807) is 33.2 Å². The molecule has 0 unspecified atom stereocenters. The van der Waals surface area contributed by atoms with Crippen LogP contribution in [0.15, 0.2) is 12.3 Å². The number of rotatable bonds is 8. The van der Waals surface area contributed by atoms with Gasteiger partial charge in [0.25, 0.3) is 0 Å². The molecule has 140 valence electrons. The third kappa shape index (κ3) is 3.71. The Labute approximate surface area is 153 Å². The Balaban J connectivity index is 2.72. The van der Waals surface area contributed by atoms with Gasteiger partial charge in [-0.25, -0.2) is 9.97 Å². The van der Waals surface area contributed by atoms with Gasteiger partial charge in [0.1, 0.15) is 34.3 Å². The van der Waals surface area contributed by atoms with Gasteiger partial charge in [-0.3, -0.25) is 4.79 Å². The number of aryl methyl sites for hydroxylation is 2. The summed E-state index contributed by atoms with van der Waals surface area (Å²) in [5, 5.41) is 3.27. The standard InChI is InChI=1S/C19H25N3O4/c1-7-8-20-17-14(25-5)9-13(24-4)15(19(17)26-6)18(23)16-11(2)10-21-12(3)22-16/h9-10,20H,7-8H2,1-6H3. The molecule has 0 fully saturated rings. The molecule has 1 heterocycles. The number of hydrogen-bond donors (Lipinski definition) is 1. The number of carbonyl (C=O) groups excluding carboxylic acids is 1. The summed E-state index contributed by atoms with van der Waals surface area (Å²) in [7, 11) is 4.58. The Morgan fingerprint density at radius 3 is 2.38 bits per heavy atom. The molecule has 2 aromatic rings. The molecule has 0 atom stereocenters. The first kappa shape index (κ1) is 19.5. The van der Waals surface area contributed by atoms with Crippen molar-refractivity contribution in [2.24, 2.45) is 0 Å². The summed E-state index contributed by atoms with van der Waals surface area (Å²) in [6.45, 7) is 6.30. The molecule has 1 N–H and O–H groups in total. The second-order valence-electron chi connectivity index (χ2n) is 5.77. The number of anilines is 1. The van der Waals surface area contributed by atoms with Gasteiger partial charge < -0.3 is 19.5 Å². The highest BCUT2D eigenvalue weighted by molar-refractivity contribution is 6.13. The van der Waals surface area contributed by atoms with Gasteiger partial charge in [-0.05, 0) is 25.8 Å². The van der Waals surface area contributed by atoms with Crippen molar-refractivity contribution in [1.29, 1.82) is 0 Å². The van der Waals surface area contributed by atoms with Crippen molar-refractivity contribution in [1.82, 2.24) is 9.97 Å². The lowest BCUT2D eigenvalue weighted by molar-refractivity contribution is 0.102. The van der Waals surface area contributed by atoms with Crippen molar-refractivity contribution >= 4 is 11.5 Å². The van der Waals surface area contributed by atoms with E-state index in [4.69, 9.17) is 14.2 Å². The van der Waals surface area contributed by atoms with Crippen LogP contribution in [-0.4, -0.2) is 43.6 Å². The van der Waals surface area contributed by atoms with E-state index in [9.17, 15) is 4.79 Å². The molecule has 26 heavy (non-hydrogen) atoms. The summed E-state index contributed by atoms with van der Waals surface area (Å²) in [6, 6.07) is 1.68. The molecule has 0 spiro atoms. The van der Waals surface area contributed by atoms with Gasteiger partial charge >= 0.3 is 0 Å². The Morgan fingerprint density at radius 1 is 1.12 bits per heavy atom. The molecule has 0 radical (unpaired) electrons. The first-order valence-electron chi connectivity index (χ1n) is 8.40. The molecule has 0 aliphatic rings. The summed E-state index contributed by atoms with van der Waals surface area (Å²) in [5.41, 5.74) is 1.92. The van der Waals surface area contributed by atoms with E-state index < -0.39 is 0 Å². The van der Waals surface area contributed by atoms with Crippen LogP contribution in [0.1, 0.15) is 40.8 Å². The molecule has 7 nitrogen and oxygen atoms in total. The number of nitrogens with zero attached hydrogens (tertiary/aromatic N) is 2. The van der Waals surface area contributed by atoms with Crippen LogP contribution in [0.5, 0.6) is 17.2 Å². The number of carbonyl (C=O) groups is 1. The van der Waals surface area contributed by atoms with Crippen molar-refractivity contribution in [3.05, 3.63) is 34.9 Å². The van der Waals surface area contributed by atoms with Crippen LogP contribution in [0.2, 0.25) is 0 Å². The van der Waals surface area contributed by atoms with E-state index in [1.165, 1.54) is 14.2 Å². The minimum absolute atomic E-state index is 0.288. The fraction of sp³-hybridized carbons (Fsp3) is 0.421. The van der Waals surface area contributed by atoms with Crippen LogP contribution < -0.4 is 19.5 Å². The fourth-order valence-electron chi connectivity index (χ4n) is 2.65. The van der Waals surface area contributed by atoms with Gasteiger partial charge in [-0.2, -0.15) is 0 Å². The number of nitrogens with one attached hydrogen (secondary N) is 1. The maximum atomic E-state index is 13.3. The van der Waals surface area contributed by atoms with Gasteiger partial charge in [0.05, 0.1) is 21.3 Å². The third-order valence-electron chi connectivity index (χ3n) is 3.94. The van der Waals surface area contributed by atoms with E-state index in [0.717, 1.165) is 6.42 Å². The SMILES string of the molecule is CCCNc1c(OC)cc(OC)c(C(=O)c2nc(C)ncc2C)c1OC. The lowest BCUT2D eigenvalue weighted by Gasteiger charge is -2.20. The predicted octanol–water partition coefficient (Wildman–Crippen LogP) is 3.17. The molecular weight excluding hydrogens is 334 g/mol. The lowest BCUT2D eigenvalue weighted by atomic mass is 10.0. The van der Waals surface area contributed by atoms with Crippen LogP contribution in [0.3, 0.4) is 0 Å². The van der Waals surface area contributed by atoms with Gasteiger partial charge in [-0.15, -0.1) is 0 Å². The first-order valence-corrected chi connectivity index (χ1v) is 8.40. The molecule has 1 aromatic heterocycles. The Morgan fingerprint density at radius 2 is 1.81 bits per heavy atom. The molecule has 0 aliphatic heterocycles. The van der Waals surface area contributed by atoms with E-state index in [1.807, 2.05) is 0 Å². The summed E-state index contributed by atoms with van der Waals surface area (Å²) in [4.78, 5) is 21.7. The van der Waals surface area contributed by atoms with Crippen LogP contribution in [0.4, 0.5) is 5.69 Å². The van der Waals surface area contributed by atoms with E-state index in [0.29, 0.717) is 52.1 Å². The Hall–Kier alpha value is -2.83. The maximum absolute atomic E-state index is 13.3. The van der Waals surface area contributed by atoms with Gasteiger partial charge in [0.15, 0.2) is 5.75 Å². The highest BCUT2D eigenvalue weighted by Gasteiger charge is 2.28. The molecule has 0 saturated heterocycles. The smallest absolute Gasteiger partial charge is 0.219 e. The Kier molecular flexibility index (Phi) is 6.38. The van der Waals surface area contributed by atoms with Crippen molar-refractivity contribution in [3.63, 3.8) is 0 Å². The molecule has 0 bridgehead atoms. The normalized spacial score (nSPS) is 10.4. The van der Waals surface area contributed by atoms with E-state index in [2.05, 4.69) is 22.2 Å². The van der Waals surface area contributed by atoms with Gasteiger partial charge in [0.2, 0.25) is 5.78 Å². The van der Waals surface area contributed by atoms with Crippen LogP contribution >= 0.6 is 0 Å². The predicted molar refractivity (Wildman–Crippen MR) is 99.8 cm³/mol. The van der Waals surface area contributed by atoms with Crippen LogP contribution in [0, 0.1) is 13.8 Å². The highest BCUT2D eigenvalue weighted by atomic mass is 16.5. The summed E-state index contributed by atoms with van der Waals surface area (Å²) >= 11 is 0. The van der Waals surface area contributed by atoms with Crippen molar-refractivity contribution in [3.8, 4) is 17.2 Å². The maximum Gasteiger partial charge on any atom is 0.219 e. The van der Waals surface area contributed by atoms with E-state index >= 15 is 0 Å². The summed E-state index contributed by atoms with van der Waals surface area (Å²) < 4.78 is 16.5. The van der Waals surface area contributed by atoms with Crippen molar-refractivity contribution in [2.75, 3.05) is 33.2 Å². The largest absolute Gasteiger partial charge is 0.496 e. The molecular formula is C19H25N3O4. The van der Waals surface area contributed by atoms with Gasteiger partial charge in [-0.1, -0.05) is 6.92 Å². The second kappa shape index (κ2) is 8.51. The average Bonchev–Trinajstić information content (AvgIpc) is 2.66. The third-order valence-corrected chi connectivity index (χ3v) is 3.94. The molecule has 1 aromatic carbocycles. The highest BCUT2D eigenvalue weighted by Crippen LogP contribution is 2.44. The molecule has 0 saturated carbocycles. The zero-order valence-corrected chi connectivity index (χ0v) is 16.1.